The highest BCUT2D eigenvalue weighted by Gasteiger charge is 2.19. The second-order valence-electron chi connectivity index (χ2n) is 12.1. The number of nitriles is 1. The molecule has 47 heavy (non-hydrogen) atoms. The summed E-state index contributed by atoms with van der Waals surface area (Å²) < 4.78 is 7.10. The minimum atomic E-state index is 0.665. The standard InChI is InChI=1S/C43H26N4/c44-27-28-21-22-41-35(23-28)32-15-4-8-19-39(32)46(41)30-13-10-14-31(24-30)47-40-20-9-6-17-34(40)37-25-36-33-16-5-7-18-38(33)45(42(36)26-43(37)47)29-11-2-1-3-12-29/h1-26H. The Morgan fingerprint density at radius 3 is 1.34 bits per heavy atom. The summed E-state index contributed by atoms with van der Waals surface area (Å²) in [7, 11) is 0. The molecule has 3 aromatic heterocycles. The van der Waals surface area contributed by atoms with Crippen LogP contribution in [0.5, 0.6) is 0 Å². The van der Waals surface area contributed by atoms with Crippen LogP contribution in [0.2, 0.25) is 0 Å². The van der Waals surface area contributed by atoms with Crippen LogP contribution in [0, 0.1) is 11.3 Å². The van der Waals surface area contributed by atoms with E-state index in [0.717, 1.165) is 44.4 Å². The monoisotopic (exact) mass is 598 g/mol. The van der Waals surface area contributed by atoms with Crippen LogP contribution in [-0.4, -0.2) is 13.7 Å². The molecule has 0 N–H and O–H groups in total. The summed E-state index contributed by atoms with van der Waals surface area (Å²) in [6, 6.07) is 58.4. The molecule has 0 spiro atoms. The predicted octanol–water partition coefficient (Wildman–Crippen LogP) is 10.8. The summed E-state index contributed by atoms with van der Waals surface area (Å²) in [4.78, 5) is 0. The molecule has 0 fully saturated rings. The summed E-state index contributed by atoms with van der Waals surface area (Å²) in [6.45, 7) is 0. The lowest BCUT2D eigenvalue weighted by atomic mass is 10.1. The van der Waals surface area contributed by atoms with Crippen LogP contribution in [-0.2, 0) is 0 Å². The molecule has 0 atom stereocenters. The number of hydrogen-bond acceptors (Lipinski definition) is 1. The molecule has 0 saturated carbocycles. The molecular formula is C43H26N4. The van der Waals surface area contributed by atoms with Gasteiger partial charge in [-0.1, -0.05) is 78.9 Å². The molecule has 0 aliphatic rings. The Balaban J connectivity index is 1.28. The zero-order valence-corrected chi connectivity index (χ0v) is 25.3. The van der Waals surface area contributed by atoms with Crippen LogP contribution in [0.4, 0.5) is 0 Å². The topological polar surface area (TPSA) is 38.6 Å². The number of benzene rings is 7. The third-order valence-corrected chi connectivity index (χ3v) is 9.63. The Morgan fingerprint density at radius 2 is 0.766 bits per heavy atom. The zero-order valence-electron chi connectivity index (χ0n) is 25.3. The summed E-state index contributed by atoms with van der Waals surface area (Å²) >= 11 is 0. The summed E-state index contributed by atoms with van der Waals surface area (Å²) in [5.74, 6) is 0. The second kappa shape index (κ2) is 9.71. The van der Waals surface area contributed by atoms with E-state index in [9.17, 15) is 5.26 Å². The van der Waals surface area contributed by atoms with Gasteiger partial charge in [-0.3, -0.25) is 0 Å². The Hall–Kier alpha value is -6.57. The van der Waals surface area contributed by atoms with E-state index in [1.807, 2.05) is 12.1 Å². The van der Waals surface area contributed by atoms with Gasteiger partial charge in [-0.25, -0.2) is 0 Å². The van der Waals surface area contributed by atoms with Gasteiger partial charge in [-0.15, -0.1) is 0 Å². The van der Waals surface area contributed by atoms with Gasteiger partial charge in [-0.2, -0.15) is 5.26 Å². The number of aromatic nitrogens is 3. The van der Waals surface area contributed by atoms with E-state index in [4.69, 9.17) is 0 Å². The normalized spacial score (nSPS) is 11.8. The van der Waals surface area contributed by atoms with E-state index in [1.54, 1.807) is 0 Å². The van der Waals surface area contributed by atoms with Gasteiger partial charge in [0.25, 0.3) is 0 Å². The summed E-state index contributed by atoms with van der Waals surface area (Å²) in [6.07, 6.45) is 0. The third-order valence-electron chi connectivity index (χ3n) is 9.63. The van der Waals surface area contributed by atoms with Gasteiger partial charge < -0.3 is 13.7 Å². The van der Waals surface area contributed by atoms with E-state index in [0.29, 0.717) is 5.56 Å². The maximum absolute atomic E-state index is 9.64. The first-order valence-electron chi connectivity index (χ1n) is 15.8. The van der Waals surface area contributed by atoms with Crippen molar-refractivity contribution >= 4 is 65.4 Å². The van der Waals surface area contributed by atoms with Crippen molar-refractivity contribution in [1.82, 2.24) is 13.7 Å². The van der Waals surface area contributed by atoms with Crippen LogP contribution >= 0.6 is 0 Å². The fourth-order valence-corrected chi connectivity index (χ4v) is 7.66. The fourth-order valence-electron chi connectivity index (χ4n) is 7.66. The fraction of sp³-hybridized carbons (Fsp3) is 0. The summed E-state index contributed by atoms with van der Waals surface area (Å²) in [5, 5.41) is 16.8. The van der Waals surface area contributed by atoms with Crippen LogP contribution in [0.3, 0.4) is 0 Å². The highest BCUT2D eigenvalue weighted by Crippen LogP contribution is 2.40. The van der Waals surface area contributed by atoms with Crippen LogP contribution in [0.15, 0.2) is 158 Å². The number of hydrogen-bond donors (Lipinski definition) is 0. The average molecular weight is 599 g/mol. The van der Waals surface area contributed by atoms with Gasteiger partial charge in [0.05, 0.1) is 44.7 Å². The van der Waals surface area contributed by atoms with Gasteiger partial charge >= 0.3 is 0 Å². The summed E-state index contributed by atoms with van der Waals surface area (Å²) in [5.41, 5.74) is 10.9. The molecule has 218 valence electrons. The van der Waals surface area contributed by atoms with E-state index in [2.05, 4.69) is 165 Å². The van der Waals surface area contributed by atoms with E-state index >= 15 is 0 Å². The van der Waals surface area contributed by atoms with Crippen LogP contribution < -0.4 is 0 Å². The van der Waals surface area contributed by atoms with Gasteiger partial charge in [0, 0.05) is 49.4 Å². The molecule has 0 radical (unpaired) electrons. The van der Waals surface area contributed by atoms with Gasteiger partial charge in [0.15, 0.2) is 0 Å². The number of fused-ring (bicyclic) bond motifs is 9. The van der Waals surface area contributed by atoms with Gasteiger partial charge in [0.2, 0.25) is 0 Å². The zero-order chi connectivity index (χ0) is 31.1. The Kier molecular flexibility index (Phi) is 5.32. The minimum absolute atomic E-state index is 0.665. The highest BCUT2D eigenvalue weighted by atomic mass is 15.0. The maximum Gasteiger partial charge on any atom is 0.0991 e. The second-order valence-corrected chi connectivity index (χ2v) is 12.1. The SMILES string of the molecule is N#Cc1ccc2c(c1)c1ccccc1n2-c1cccc(-n2c3ccccc3c3cc4c5ccccc5n(-c5ccccc5)c4cc32)c1. The molecule has 0 bridgehead atoms. The Labute approximate surface area is 270 Å². The lowest BCUT2D eigenvalue weighted by Crippen LogP contribution is -1.99. The molecule has 3 heterocycles. The quantitative estimate of drug-likeness (QED) is 0.199. The molecule has 0 amide bonds. The van der Waals surface area contributed by atoms with E-state index < -0.39 is 0 Å². The molecule has 10 aromatic rings. The lowest BCUT2D eigenvalue weighted by Gasteiger charge is -2.13. The van der Waals surface area contributed by atoms with Crippen molar-refractivity contribution in [3.8, 4) is 23.1 Å². The number of nitrogens with zero attached hydrogens (tertiary/aromatic N) is 4. The highest BCUT2D eigenvalue weighted by molar-refractivity contribution is 6.19. The maximum atomic E-state index is 9.64. The van der Waals surface area contributed by atoms with Crippen molar-refractivity contribution in [2.75, 3.05) is 0 Å². The first kappa shape index (κ1) is 25.7. The van der Waals surface area contributed by atoms with Crippen molar-refractivity contribution in [2.24, 2.45) is 0 Å². The molecular weight excluding hydrogens is 573 g/mol. The minimum Gasteiger partial charge on any atom is -0.309 e. The molecule has 0 unspecified atom stereocenters. The van der Waals surface area contributed by atoms with Crippen LogP contribution in [0.1, 0.15) is 5.56 Å². The van der Waals surface area contributed by atoms with Crippen LogP contribution in [0.25, 0.3) is 82.5 Å². The molecule has 7 aromatic carbocycles. The Bertz CT molecular complexity index is 2910. The number of para-hydroxylation sites is 4. The first-order chi connectivity index (χ1) is 23.3. The smallest absolute Gasteiger partial charge is 0.0991 e. The largest absolute Gasteiger partial charge is 0.309 e. The molecule has 0 aliphatic carbocycles. The first-order valence-corrected chi connectivity index (χ1v) is 15.8. The molecule has 0 aliphatic heterocycles. The van der Waals surface area contributed by atoms with Crippen molar-refractivity contribution in [3.05, 3.63) is 163 Å². The molecule has 4 heteroatoms. The Morgan fingerprint density at radius 1 is 0.319 bits per heavy atom. The van der Waals surface area contributed by atoms with Gasteiger partial charge in [0.1, 0.15) is 0 Å². The van der Waals surface area contributed by atoms with Crippen molar-refractivity contribution < 1.29 is 0 Å². The van der Waals surface area contributed by atoms with Crippen molar-refractivity contribution in [2.45, 2.75) is 0 Å². The molecule has 0 saturated heterocycles. The number of rotatable bonds is 3. The van der Waals surface area contributed by atoms with Crippen molar-refractivity contribution in [1.29, 1.82) is 5.26 Å². The third kappa shape index (κ3) is 3.63. The van der Waals surface area contributed by atoms with Crippen molar-refractivity contribution in [3.63, 3.8) is 0 Å². The van der Waals surface area contributed by atoms with E-state index in [-0.39, 0.29) is 0 Å². The molecule has 4 nitrogen and oxygen atoms in total. The lowest BCUT2D eigenvalue weighted by molar-refractivity contribution is 1.13. The van der Waals surface area contributed by atoms with E-state index in [1.165, 1.54) is 38.1 Å². The molecule has 10 rings (SSSR count). The van der Waals surface area contributed by atoms with Gasteiger partial charge in [-0.05, 0) is 78.9 Å². The average Bonchev–Trinajstić information content (AvgIpc) is 3.76. The predicted molar refractivity (Wildman–Crippen MR) is 194 cm³/mol.